The molecule has 1 N–H and O–H groups in total. The average Bonchev–Trinajstić information content (AvgIpc) is 2.43. The summed E-state index contributed by atoms with van der Waals surface area (Å²) in [5.74, 6) is 2.00. The van der Waals surface area contributed by atoms with Crippen molar-refractivity contribution in [2.24, 2.45) is 0 Å². The lowest BCUT2D eigenvalue weighted by atomic mass is 10.0. The summed E-state index contributed by atoms with van der Waals surface area (Å²) in [6.45, 7) is 7.30. The van der Waals surface area contributed by atoms with E-state index in [9.17, 15) is 0 Å². The molecule has 1 aromatic carbocycles. The van der Waals surface area contributed by atoms with Crippen LogP contribution < -0.4 is 19.5 Å². The third kappa shape index (κ3) is 4.76. The van der Waals surface area contributed by atoms with Crippen LogP contribution in [0.4, 0.5) is 0 Å². The summed E-state index contributed by atoms with van der Waals surface area (Å²) in [5.41, 5.74) is 1.22. The van der Waals surface area contributed by atoms with Gasteiger partial charge in [0.05, 0.1) is 21.3 Å². The van der Waals surface area contributed by atoms with E-state index in [1.807, 2.05) is 12.1 Å². The highest BCUT2D eigenvalue weighted by atomic mass is 35.5. The van der Waals surface area contributed by atoms with Crippen molar-refractivity contribution in [1.29, 1.82) is 0 Å². The second-order valence-corrected chi connectivity index (χ2v) is 5.12. The Morgan fingerprint density at radius 1 is 1.00 bits per heavy atom. The number of rotatable bonds is 7. The largest absolute Gasteiger partial charge is 0.493 e. The molecule has 0 bridgehead atoms. The van der Waals surface area contributed by atoms with Gasteiger partial charge in [-0.25, -0.2) is 0 Å². The van der Waals surface area contributed by atoms with Gasteiger partial charge in [0.1, 0.15) is 0 Å². The van der Waals surface area contributed by atoms with Gasteiger partial charge in [0.15, 0.2) is 11.5 Å². The molecule has 0 saturated heterocycles. The van der Waals surface area contributed by atoms with Crippen LogP contribution in [0.5, 0.6) is 17.2 Å². The number of ether oxygens (including phenoxy) is 3. The minimum atomic E-state index is 0. The summed E-state index contributed by atoms with van der Waals surface area (Å²) in [5, 5.41) is 3.51. The van der Waals surface area contributed by atoms with E-state index in [-0.39, 0.29) is 17.9 Å². The smallest absolute Gasteiger partial charge is 0.203 e. The van der Waals surface area contributed by atoms with Crippen LogP contribution in [-0.2, 0) is 6.54 Å². The van der Waals surface area contributed by atoms with Gasteiger partial charge >= 0.3 is 0 Å². The molecule has 0 heterocycles. The van der Waals surface area contributed by atoms with Gasteiger partial charge in [-0.1, -0.05) is 6.92 Å². The molecule has 1 rings (SSSR count). The van der Waals surface area contributed by atoms with E-state index < -0.39 is 0 Å². The normalized spacial score (nSPS) is 10.7. The molecular weight excluding hydrogens is 278 g/mol. The first kappa shape index (κ1) is 18.9. The monoisotopic (exact) mass is 303 g/mol. The van der Waals surface area contributed by atoms with Gasteiger partial charge in [-0.15, -0.1) is 12.4 Å². The summed E-state index contributed by atoms with van der Waals surface area (Å²) >= 11 is 0. The van der Waals surface area contributed by atoms with Gasteiger partial charge in [0.25, 0.3) is 0 Å². The molecule has 0 aliphatic rings. The van der Waals surface area contributed by atoms with Crippen molar-refractivity contribution in [1.82, 2.24) is 5.32 Å². The maximum Gasteiger partial charge on any atom is 0.203 e. The first-order chi connectivity index (χ1) is 8.97. The lowest BCUT2D eigenvalue weighted by Crippen LogP contribution is -2.37. The SMILES string of the molecule is CCC(C)(C)NCc1cc(OC)c(OC)c(OC)c1.Cl. The number of halogens is 1. The van der Waals surface area contributed by atoms with Crippen LogP contribution in [0.15, 0.2) is 12.1 Å². The van der Waals surface area contributed by atoms with Crippen molar-refractivity contribution in [2.75, 3.05) is 21.3 Å². The molecule has 0 aliphatic heterocycles. The second kappa shape index (κ2) is 8.22. The molecule has 0 amide bonds. The maximum atomic E-state index is 5.34. The predicted molar refractivity (Wildman–Crippen MR) is 84.6 cm³/mol. The Hall–Kier alpha value is -1.13. The van der Waals surface area contributed by atoms with Gasteiger partial charge in [0.2, 0.25) is 5.75 Å². The minimum absolute atomic E-state index is 0. The fraction of sp³-hybridized carbons (Fsp3) is 0.600. The Balaban J connectivity index is 0.00000361. The van der Waals surface area contributed by atoms with E-state index in [0.29, 0.717) is 17.2 Å². The lowest BCUT2D eigenvalue weighted by molar-refractivity contribution is 0.322. The van der Waals surface area contributed by atoms with Gasteiger partial charge in [0, 0.05) is 12.1 Å². The first-order valence-corrected chi connectivity index (χ1v) is 6.51. The molecule has 0 radical (unpaired) electrons. The number of hydrogen-bond acceptors (Lipinski definition) is 4. The summed E-state index contributed by atoms with van der Waals surface area (Å²) in [4.78, 5) is 0. The van der Waals surface area contributed by atoms with Crippen molar-refractivity contribution in [3.8, 4) is 17.2 Å². The molecule has 0 atom stereocenters. The van der Waals surface area contributed by atoms with Crippen LogP contribution in [0.25, 0.3) is 0 Å². The highest BCUT2D eigenvalue weighted by Crippen LogP contribution is 2.38. The lowest BCUT2D eigenvalue weighted by Gasteiger charge is -2.25. The molecule has 5 heteroatoms. The Morgan fingerprint density at radius 2 is 1.50 bits per heavy atom. The zero-order valence-corrected chi connectivity index (χ0v) is 14.0. The molecule has 116 valence electrons. The van der Waals surface area contributed by atoms with E-state index in [1.165, 1.54) is 0 Å². The Labute approximate surface area is 128 Å². The number of methoxy groups -OCH3 is 3. The van der Waals surface area contributed by atoms with Crippen LogP contribution in [0.1, 0.15) is 32.8 Å². The number of hydrogen-bond donors (Lipinski definition) is 1. The quantitative estimate of drug-likeness (QED) is 0.838. The van der Waals surface area contributed by atoms with E-state index in [4.69, 9.17) is 14.2 Å². The molecular formula is C15H26ClNO3. The van der Waals surface area contributed by atoms with Crippen molar-refractivity contribution in [3.63, 3.8) is 0 Å². The summed E-state index contributed by atoms with van der Waals surface area (Å²) in [7, 11) is 4.87. The molecule has 0 spiro atoms. The molecule has 0 aromatic heterocycles. The summed E-state index contributed by atoms with van der Waals surface area (Å²) in [6, 6.07) is 3.94. The minimum Gasteiger partial charge on any atom is -0.493 e. The van der Waals surface area contributed by atoms with Crippen molar-refractivity contribution in [3.05, 3.63) is 17.7 Å². The van der Waals surface area contributed by atoms with Crippen LogP contribution in [0.2, 0.25) is 0 Å². The summed E-state index contributed by atoms with van der Waals surface area (Å²) < 4.78 is 16.0. The van der Waals surface area contributed by atoms with Crippen molar-refractivity contribution in [2.45, 2.75) is 39.3 Å². The van der Waals surface area contributed by atoms with Crippen LogP contribution >= 0.6 is 12.4 Å². The molecule has 20 heavy (non-hydrogen) atoms. The third-order valence-electron chi connectivity index (χ3n) is 3.38. The van der Waals surface area contributed by atoms with E-state index in [2.05, 4.69) is 26.1 Å². The van der Waals surface area contributed by atoms with Crippen LogP contribution in [-0.4, -0.2) is 26.9 Å². The predicted octanol–water partition coefficient (Wildman–Crippen LogP) is 3.41. The third-order valence-corrected chi connectivity index (χ3v) is 3.38. The molecule has 1 aromatic rings. The molecule has 0 aliphatic carbocycles. The van der Waals surface area contributed by atoms with Crippen molar-refractivity contribution < 1.29 is 14.2 Å². The van der Waals surface area contributed by atoms with E-state index in [0.717, 1.165) is 18.5 Å². The Morgan fingerprint density at radius 3 is 1.85 bits per heavy atom. The standard InChI is InChI=1S/C15H25NO3.ClH/c1-7-15(2,3)16-10-11-8-12(17-4)14(19-6)13(9-11)18-5;/h8-9,16H,7,10H2,1-6H3;1H. The van der Waals surface area contributed by atoms with E-state index >= 15 is 0 Å². The maximum absolute atomic E-state index is 5.34. The number of nitrogens with one attached hydrogen (secondary N) is 1. The molecule has 0 unspecified atom stereocenters. The molecule has 0 saturated carbocycles. The summed E-state index contributed by atoms with van der Waals surface area (Å²) in [6.07, 6.45) is 1.07. The van der Waals surface area contributed by atoms with Gasteiger partial charge in [-0.3, -0.25) is 0 Å². The Bertz CT molecular complexity index is 397. The second-order valence-electron chi connectivity index (χ2n) is 5.12. The zero-order valence-electron chi connectivity index (χ0n) is 13.2. The van der Waals surface area contributed by atoms with Gasteiger partial charge in [-0.05, 0) is 38.0 Å². The van der Waals surface area contributed by atoms with E-state index in [1.54, 1.807) is 21.3 Å². The fourth-order valence-electron chi connectivity index (χ4n) is 1.70. The van der Waals surface area contributed by atoms with Crippen LogP contribution in [0, 0.1) is 0 Å². The molecule has 4 nitrogen and oxygen atoms in total. The van der Waals surface area contributed by atoms with Crippen molar-refractivity contribution >= 4 is 12.4 Å². The average molecular weight is 304 g/mol. The van der Waals surface area contributed by atoms with Crippen LogP contribution in [0.3, 0.4) is 0 Å². The first-order valence-electron chi connectivity index (χ1n) is 6.51. The highest BCUT2D eigenvalue weighted by molar-refractivity contribution is 5.85. The van der Waals surface area contributed by atoms with Gasteiger partial charge < -0.3 is 19.5 Å². The fourth-order valence-corrected chi connectivity index (χ4v) is 1.70. The zero-order chi connectivity index (χ0) is 14.5. The topological polar surface area (TPSA) is 39.7 Å². The van der Waals surface area contributed by atoms with Gasteiger partial charge in [-0.2, -0.15) is 0 Å². The Kier molecular flexibility index (Phi) is 7.76. The number of benzene rings is 1. The highest BCUT2D eigenvalue weighted by Gasteiger charge is 2.16. The molecule has 0 fully saturated rings.